The van der Waals surface area contributed by atoms with Gasteiger partial charge in [0.2, 0.25) is 5.91 Å². The summed E-state index contributed by atoms with van der Waals surface area (Å²) in [5, 5.41) is 3.14. The molecule has 0 saturated carbocycles. The summed E-state index contributed by atoms with van der Waals surface area (Å²) < 4.78 is 6.39. The summed E-state index contributed by atoms with van der Waals surface area (Å²) in [4.78, 5) is 11.8. The van der Waals surface area contributed by atoms with E-state index in [0.717, 1.165) is 21.5 Å². The molecule has 3 N–H and O–H groups in total. The first-order valence-electron chi connectivity index (χ1n) is 6.64. The maximum atomic E-state index is 11.8. The highest BCUT2D eigenvalue weighted by Gasteiger charge is 2.18. The topological polar surface area (TPSA) is 64.3 Å². The molecule has 2 aromatic rings. The van der Waals surface area contributed by atoms with E-state index in [9.17, 15) is 4.79 Å². The van der Waals surface area contributed by atoms with Gasteiger partial charge in [-0.1, -0.05) is 34.1 Å². The van der Waals surface area contributed by atoms with Gasteiger partial charge in [-0.2, -0.15) is 0 Å². The molecule has 0 heterocycles. The monoisotopic (exact) mass is 348 g/mol. The Kier molecular flexibility index (Phi) is 5.22. The highest BCUT2D eigenvalue weighted by molar-refractivity contribution is 9.10. The Hall–Kier alpha value is -2.01. The highest BCUT2D eigenvalue weighted by atomic mass is 79.9. The molecule has 0 radical (unpaired) electrons. The second-order valence-corrected chi connectivity index (χ2v) is 5.41. The molecule has 0 bridgehead atoms. The SMILES string of the molecule is CCOc1cccc(C(Nc2cccc(Br)c2)C(N)=O)c1. The third-order valence-corrected chi connectivity index (χ3v) is 3.42. The summed E-state index contributed by atoms with van der Waals surface area (Å²) in [5.41, 5.74) is 7.11. The van der Waals surface area contributed by atoms with Crippen molar-refractivity contribution in [1.29, 1.82) is 0 Å². The Bertz CT molecular complexity index is 631. The minimum atomic E-state index is -0.611. The smallest absolute Gasteiger partial charge is 0.244 e. The molecule has 0 spiro atoms. The fourth-order valence-electron chi connectivity index (χ4n) is 2.01. The number of hydrogen-bond acceptors (Lipinski definition) is 3. The molecule has 4 nitrogen and oxygen atoms in total. The summed E-state index contributed by atoms with van der Waals surface area (Å²) in [6.45, 7) is 2.49. The van der Waals surface area contributed by atoms with E-state index in [1.165, 1.54) is 0 Å². The van der Waals surface area contributed by atoms with E-state index in [2.05, 4.69) is 21.2 Å². The molecule has 2 aromatic carbocycles. The predicted octanol–water partition coefficient (Wildman–Crippen LogP) is 3.49. The van der Waals surface area contributed by atoms with Gasteiger partial charge < -0.3 is 15.8 Å². The number of nitrogens with one attached hydrogen (secondary N) is 1. The fourth-order valence-corrected chi connectivity index (χ4v) is 2.41. The standard InChI is InChI=1S/C16H17BrN2O2/c1-2-21-14-8-3-5-11(9-14)15(16(18)20)19-13-7-4-6-12(17)10-13/h3-10,15,19H,2H2,1H3,(H2,18,20). The minimum absolute atomic E-state index is 0.441. The van der Waals surface area contributed by atoms with Crippen molar-refractivity contribution in [1.82, 2.24) is 0 Å². The molecule has 0 aliphatic carbocycles. The van der Waals surface area contributed by atoms with E-state index in [0.29, 0.717) is 6.61 Å². The van der Waals surface area contributed by atoms with Crippen molar-refractivity contribution in [2.24, 2.45) is 5.73 Å². The van der Waals surface area contributed by atoms with Gasteiger partial charge in [0.15, 0.2) is 0 Å². The molecule has 21 heavy (non-hydrogen) atoms. The van der Waals surface area contributed by atoms with E-state index in [1.54, 1.807) is 0 Å². The lowest BCUT2D eigenvalue weighted by molar-refractivity contribution is -0.118. The Morgan fingerprint density at radius 2 is 2.05 bits per heavy atom. The molecular weight excluding hydrogens is 332 g/mol. The van der Waals surface area contributed by atoms with E-state index < -0.39 is 11.9 Å². The highest BCUT2D eigenvalue weighted by Crippen LogP contribution is 2.24. The van der Waals surface area contributed by atoms with Gasteiger partial charge in [-0.25, -0.2) is 0 Å². The number of ether oxygens (including phenoxy) is 1. The first kappa shape index (κ1) is 15.4. The summed E-state index contributed by atoms with van der Waals surface area (Å²) in [6.07, 6.45) is 0. The fraction of sp³-hybridized carbons (Fsp3) is 0.188. The second-order valence-electron chi connectivity index (χ2n) is 4.50. The van der Waals surface area contributed by atoms with Crippen LogP contribution >= 0.6 is 15.9 Å². The van der Waals surface area contributed by atoms with Crippen LogP contribution in [-0.4, -0.2) is 12.5 Å². The van der Waals surface area contributed by atoms with Crippen LogP contribution in [0.1, 0.15) is 18.5 Å². The van der Waals surface area contributed by atoms with Gasteiger partial charge in [-0.15, -0.1) is 0 Å². The lowest BCUT2D eigenvalue weighted by Crippen LogP contribution is -2.27. The molecule has 0 aliphatic heterocycles. The van der Waals surface area contributed by atoms with Crippen LogP contribution in [0.4, 0.5) is 5.69 Å². The molecule has 1 amide bonds. The van der Waals surface area contributed by atoms with Crippen LogP contribution in [0.2, 0.25) is 0 Å². The summed E-state index contributed by atoms with van der Waals surface area (Å²) in [6, 6.07) is 14.3. The summed E-state index contributed by atoms with van der Waals surface area (Å²) in [5.74, 6) is 0.279. The average molecular weight is 349 g/mol. The van der Waals surface area contributed by atoms with Gasteiger partial charge in [0, 0.05) is 10.2 Å². The van der Waals surface area contributed by atoms with Crippen LogP contribution in [-0.2, 0) is 4.79 Å². The third-order valence-electron chi connectivity index (χ3n) is 2.92. The zero-order chi connectivity index (χ0) is 15.2. The molecule has 0 aliphatic rings. The minimum Gasteiger partial charge on any atom is -0.494 e. The Morgan fingerprint density at radius 3 is 2.71 bits per heavy atom. The molecule has 1 unspecified atom stereocenters. The first-order valence-corrected chi connectivity index (χ1v) is 7.43. The normalized spacial score (nSPS) is 11.7. The Morgan fingerprint density at radius 1 is 1.29 bits per heavy atom. The molecule has 110 valence electrons. The molecule has 5 heteroatoms. The van der Waals surface area contributed by atoms with Crippen molar-refractivity contribution < 1.29 is 9.53 Å². The molecule has 0 fully saturated rings. The molecule has 2 rings (SSSR count). The van der Waals surface area contributed by atoms with Crippen LogP contribution in [0.25, 0.3) is 0 Å². The van der Waals surface area contributed by atoms with Crippen LogP contribution in [0.3, 0.4) is 0 Å². The van der Waals surface area contributed by atoms with Gasteiger partial charge in [0.05, 0.1) is 6.61 Å². The van der Waals surface area contributed by atoms with Crippen LogP contribution < -0.4 is 15.8 Å². The quantitative estimate of drug-likeness (QED) is 0.839. The van der Waals surface area contributed by atoms with Crippen molar-refractivity contribution in [2.45, 2.75) is 13.0 Å². The van der Waals surface area contributed by atoms with Crippen molar-refractivity contribution >= 4 is 27.5 Å². The summed E-state index contributed by atoms with van der Waals surface area (Å²) >= 11 is 3.40. The zero-order valence-electron chi connectivity index (χ0n) is 11.7. The van der Waals surface area contributed by atoms with Crippen molar-refractivity contribution in [2.75, 3.05) is 11.9 Å². The number of nitrogens with two attached hydrogens (primary N) is 1. The van der Waals surface area contributed by atoms with Crippen molar-refractivity contribution in [3.05, 3.63) is 58.6 Å². The van der Waals surface area contributed by atoms with Crippen molar-refractivity contribution in [3.63, 3.8) is 0 Å². The number of carbonyl (C=O) groups is 1. The largest absolute Gasteiger partial charge is 0.494 e. The lowest BCUT2D eigenvalue weighted by atomic mass is 10.1. The van der Waals surface area contributed by atoms with Gasteiger partial charge in [0.1, 0.15) is 11.8 Å². The van der Waals surface area contributed by atoms with E-state index in [-0.39, 0.29) is 0 Å². The maximum Gasteiger partial charge on any atom is 0.244 e. The number of halogens is 1. The molecule has 0 saturated heterocycles. The van der Waals surface area contributed by atoms with Crippen LogP contribution in [0, 0.1) is 0 Å². The first-order chi connectivity index (χ1) is 10.1. The van der Waals surface area contributed by atoms with Gasteiger partial charge in [0.25, 0.3) is 0 Å². The Balaban J connectivity index is 2.26. The number of amides is 1. The number of carbonyl (C=O) groups excluding carboxylic acids is 1. The predicted molar refractivity (Wildman–Crippen MR) is 87.3 cm³/mol. The zero-order valence-corrected chi connectivity index (χ0v) is 13.3. The van der Waals surface area contributed by atoms with Gasteiger partial charge in [-0.05, 0) is 42.8 Å². The molecule has 0 aromatic heterocycles. The van der Waals surface area contributed by atoms with Gasteiger partial charge >= 0.3 is 0 Å². The molecule has 1 atom stereocenters. The van der Waals surface area contributed by atoms with Crippen molar-refractivity contribution in [3.8, 4) is 5.75 Å². The molecular formula is C16H17BrN2O2. The number of hydrogen-bond donors (Lipinski definition) is 2. The average Bonchev–Trinajstić information content (AvgIpc) is 2.45. The third kappa shape index (κ3) is 4.23. The summed E-state index contributed by atoms with van der Waals surface area (Å²) in [7, 11) is 0. The van der Waals surface area contributed by atoms with E-state index >= 15 is 0 Å². The number of anilines is 1. The van der Waals surface area contributed by atoms with Crippen LogP contribution in [0.5, 0.6) is 5.75 Å². The second kappa shape index (κ2) is 7.13. The van der Waals surface area contributed by atoms with E-state index in [4.69, 9.17) is 10.5 Å². The maximum absolute atomic E-state index is 11.8. The lowest BCUT2D eigenvalue weighted by Gasteiger charge is -2.18. The number of primary amides is 1. The van der Waals surface area contributed by atoms with Crippen LogP contribution in [0.15, 0.2) is 53.0 Å². The Labute approximate surface area is 132 Å². The number of rotatable bonds is 6. The van der Waals surface area contributed by atoms with Gasteiger partial charge in [-0.3, -0.25) is 4.79 Å². The number of benzene rings is 2. The van der Waals surface area contributed by atoms with E-state index in [1.807, 2.05) is 55.5 Å².